The number of aliphatic carboxylic acids is 1. The number of amides is 1. The lowest BCUT2D eigenvalue weighted by molar-refractivity contribution is -0.137. The van der Waals surface area contributed by atoms with Gasteiger partial charge in [0.15, 0.2) is 0 Å². The summed E-state index contributed by atoms with van der Waals surface area (Å²) >= 11 is 4.71. The first-order chi connectivity index (χ1) is 8.09. The van der Waals surface area contributed by atoms with Crippen molar-refractivity contribution < 1.29 is 14.7 Å². The minimum Gasteiger partial charge on any atom is -0.481 e. The third-order valence-electron chi connectivity index (χ3n) is 2.63. The van der Waals surface area contributed by atoms with Crippen LogP contribution in [0.2, 0.25) is 0 Å². The van der Waals surface area contributed by atoms with Crippen molar-refractivity contribution >= 4 is 39.1 Å². The fourth-order valence-corrected chi connectivity index (χ4v) is 3.13. The highest BCUT2D eigenvalue weighted by Crippen LogP contribution is 2.31. The molecule has 1 aliphatic carbocycles. The van der Waals surface area contributed by atoms with Crippen molar-refractivity contribution in [3.05, 3.63) is 20.8 Å². The van der Waals surface area contributed by atoms with Crippen molar-refractivity contribution in [2.45, 2.75) is 25.3 Å². The SMILES string of the molecule is O=C(O)CCN(C(=O)c1sccc1Br)C1CC1. The smallest absolute Gasteiger partial charge is 0.305 e. The van der Waals surface area contributed by atoms with Gasteiger partial charge in [-0.3, -0.25) is 9.59 Å². The number of nitrogens with zero attached hydrogens (tertiary/aromatic N) is 1. The van der Waals surface area contributed by atoms with Gasteiger partial charge in [-0.15, -0.1) is 11.3 Å². The average Bonchev–Trinajstić information content (AvgIpc) is 3.00. The predicted octanol–water partition coefficient (Wildman–Crippen LogP) is 2.59. The monoisotopic (exact) mass is 317 g/mol. The normalized spacial score (nSPS) is 14.6. The number of carbonyl (C=O) groups excluding carboxylic acids is 1. The van der Waals surface area contributed by atoms with Gasteiger partial charge in [-0.05, 0) is 40.2 Å². The van der Waals surface area contributed by atoms with Gasteiger partial charge in [0.25, 0.3) is 5.91 Å². The maximum Gasteiger partial charge on any atom is 0.305 e. The Bertz CT molecular complexity index is 442. The van der Waals surface area contributed by atoms with Gasteiger partial charge in [-0.1, -0.05) is 0 Å². The molecule has 0 radical (unpaired) electrons. The Morgan fingerprint density at radius 1 is 1.53 bits per heavy atom. The number of thiophene rings is 1. The molecule has 1 aromatic rings. The molecule has 1 saturated carbocycles. The molecule has 92 valence electrons. The van der Waals surface area contributed by atoms with Crippen molar-refractivity contribution in [3.63, 3.8) is 0 Å². The van der Waals surface area contributed by atoms with Crippen LogP contribution in [0.1, 0.15) is 28.9 Å². The van der Waals surface area contributed by atoms with Crippen molar-refractivity contribution in [2.24, 2.45) is 0 Å². The van der Waals surface area contributed by atoms with Crippen LogP contribution < -0.4 is 0 Å². The van der Waals surface area contributed by atoms with Crippen LogP contribution in [0.5, 0.6) is 0 Å². The van der Waals surface area contributed by atoms with E-state index in [2.05, 4.69) is 15.9 Å². The van der Waals surface area contributed by atoms with Gasteiger partial charge in [-0.2, -0.15) is 0 Å². The maximum atomic E-state index is 12.2. The third-order valence-corrected chi connectivity index (χ3v) is 4.45. The van der Waals surface area contributed by atoms with Gasteiger partial charge in [-0.25, -0.2) is 0 Å². The largest absolute Gasteiger partial charge is 0.481 e. The average molecular weight is 318 g/mol. The molecule has 0 saturated heterocycles. The number of hydrogen-bond donors (Lipinski definition) is 1. The molecule has 0 aromatic carbocycles. The van der Waals surface area contributed by atoms with Gasteiger partial charge in [0.05, 0.1) is 6.42 Å². The van der Waals surface area contributed by atoms with Crippen LogP contribution in [-0.4, -0.2) is 34.5 Å². The molecule has 1 N–H and O–H groups in total. The number of hydrogen-bond acceptors (Lipinski definition) is 3. The maximum absolute atomic E-state index is 12.2. The number of carboxylic acid groups (broad SMARTS) is 1. The minimum absolute atomic E-state index is 0.00519. The Morgan fingerprint density at radius 2 is 2.24 bits per heavy atom. The zero-order chi connectivity index (χ0) is 12.4. The van der Waals surface area contributed by atoms with E-state index in [4.69, 9.17) is 5.11 Å². The molecular formula is C11H12BrNO3S. The van der Waals surface area contributed by atoms with E-state index in [1.807, 2.05) is 11.4 Å². The summed E-state index contributed by atoms with van der Waals surface area (Å²) in [5, 5.41) is 10.5. The number of halogens is 1. The standard InChI is InChI=1S/C11H12BrNO3S/c12-8-4-6-17-10(8)11(16)13(7-1-2-7)5-3-9(14)15/h4,6-7H,1-3,5H2,(H,14,15). The molecule has 4 nitrogen and oxygen atoms in total. The summed E-state index contributed by atoms with van der Waals surface area (Å²) < 4.78 is 0.786. The van der Waals surface area contributed by atoms with Gasteiger partial charge < -0.3 is 10.0 Å². The molecule has 2 rings (SSSR count). The third kappa shape index (κ3) is 3.07. The van der Waals surface area contributed by atoms with Gasteiger partial charge in [0.2, 0.25) is 0 Å². The molecule has 1 heterocycles. The lowest BCUT2D eigenvalue weighted by Crippen LogP contribution is -2.34. The van der Waals surface area contributed by atoms with Crippen LogP contribution in [0.4, 0.5) is 0 Å². The van der Waals surface area contributed by atoms with E-state index in [1.54, 1.807) is 4.90 Å². The van der Waals surface area contributed by atoms with Gasteiger partial charge in [0.1, 0.15) is 4.88 Å². The zero-order valence-electron chi connectivity index (χ0n) is 9.06. The highest BCUT2D eigenvalue weighted by molar-refractivity contribution is 9.10. The summed E-state index contributed by atoms with van der Waals surface area (Å²) in [5.74, 6) is -0.927. The van der Waals surface area contributed by atoms with E-state index >= 15 is 0 Å². The molecule has 6 heteroatoms. The summed E-state index contributed by atoms with van der Waals surface area (Å²) in [6.45, 7) is 0.295. The quantitative estimate of drug-likeness (QED) is 0.908. The van der Waals surface area contributed by atoms with E-state index in [-0.39, 0.29) is 18.4 Å². The number of carbonyl (C=O) groups is 2. The fourth-order valence-electron chi connectivity index (χ4n) is 1.63. The second-order valence-corrected chi connectivity index (χ2v) is 5.74. The highest BCUT2D eigenvalue weighted by atomic mass is 79.9. The van der Waals surface area contributed by atoms with Gasteiger partial charge >= 0.3 is 5.97 Å². The molecule has 17 heavy (non-hydrogen) atoms. The van der Waals surface area contributed by atoms with Crippen molar-refractivity contribution in [2.75, 3.05) is 6.54 Å². The summed E-state index contributed by atoms with van der Waals surface area (Å²) in [4.78, 5) is 25.2. The molecule has 0 aliphatic heterocycles. The molecule has 0 atom stereocenters. The molecule has 0 unspecified atom stereocenters. The lowest BCUT2D eigenvalue weighted by atomic mass is 10.3. The van der Waals surface area contributed by atoms with Crippen LogP contribution in [0.3, 0.4) is 0 Å². The Balaban J connectivity index is 2.08. The van der Waals surface area contributed by atoms with Crippen LogP contribution in [0.15, 0.2) is 15.9 Å². The van der Waals surface area contributed by atoms with Crippen LogP contribution in [0, 0.1) is 0 Å². The zero-order valence-corrected chi connectivity index (χ0v) is 11.5. The van der Waals surface area contributed by atoms with Crippen molar-refractivity contribution in [1.29, 1.82) is 0 Å². The van der Waals surface area contributed by atoms with Gasteiger partial charge in [0, 0.05) is 17.1 Å². The minimum atomic E-state index is -0.867. The molecule has 0 spiro atoms. The second-order valence-electron chi connectivity index (χ2n) is 3.97. The van der Waals surface area contributed by atoms with E-state index in [9.17, 15) is 9.59 Å². The fraction of sp³-hybridized carbons (Fsp3) is 0.455. The van der Waals surface area contributed by atoms with Crippen LogP contribution in [0.25, 0.3) is 0 Å². The summed E-state index contributed by atoms with van der Waals surface area (Å²) in [7, 11) is 0. The van der Waals surface area contributed by atoms with E-state index in [0.717, 1.165) is 17.3 Å². The predicted molar refractivity (Wildman–Crippen MR) is 68.3 cm³/mol. The van der Waals surface area contributed by atoms with Crippen molar-refractivity contribution in [1.82, 2.24) is 4.90 Å². The molecule has 1 aromatic heterocycles. The number of rotatable bonds is 5. The van der Waals surface area contributed by atoms with E-state index in [1.165, 1.54) is 11.3 Å². The topological polar surface area (TPSA) is 57.6 Å². The summed E-state index contributed by atoms with van der Waals surface area (Å²) in [5.41, 5.74) is 0. The molecule has 1 aliphatic rings. The van der Waals surface area contributed by atoms with Crippen LogP contribution >= 0.6 is 27.3 Å². The van der Waals surface area contributed by atoms with E-state index in [0.29, 0.717) is 11.4 Å². The summed E-state index contributed by atoms with van der Waals surface area (Å²) in [6, 6.07) is 2.07. The first-order valence-electron chi connectivity index (χ1n) is 5.35. The molecule has 1 fully saturated rings. The van der Waals surface area contributed by atoms with Crippen molar-refractivity contribution in [3.8, 4) is 0 Å². The Hall–Kier alpha value is -0.880. The molecular weight excluding hydrogens is 306 g/mol. The van der Waals surface area contributed by atoms with Crippen LogP contribution in [-0.2, 0) is 4.79 Å². The second kappa shape index (κ2) is 5.18. The summed E-state index contributed by atoms with van der Waals surface area (Å²) in [6.07, 6.45) is 1.97. The Morgan fingerprint density at radius 3 is 2.71 bits per heavy atom. The highest BCUT2D eigenvalue weighted by Gasteiger charge is 2.34. The molecule has 0 bridgehead atoms. The molecule has 1 amide bonds. The Labute approximate surface area is 111 Å². The Kier molecular flexibility index (Phi) is 3.83. The first kappa shape index (κ1) is 12.6. The lowest BCUT2D eigenvalue weighted by Gasteiger charge is -2.21. The number of carboxylic acids is 1. The van der Waals surface area contributed by atoms with E-state index < -0.39 is 5.97 Å². The first-order valence-corrected chi connectivity index (χ1v) is 7.02.